The second-order valence-electron chi connectivity index (χ2n) is 9.03. The van der Waals surface area contributed by atoms with E-state index in [1.165, 1.54) is 0 Å². The molecule has 2 aromatic rings. The number of pyridine rings is 2. The van der Waals surface area contributed by atoms with Gasteiger partial charge in [0.05, 0.1) is 0 Å². The molecule has 5 rings (SSSR count). The fourth-order valence-corrected chi connectivity index (χ4v) is 5.25. The number of hydrogen-bond donors (Lipinski definition) is 1. The van der Waals surface area contributed by atoms with Gasteiger partial charge in [-0.2, -0.15) is 0 Å². The Morgan fingerprint density at radius 3 is 2.70 bits per heavy atom. The van der Waals surface area contributed by atoms with Gasteiger partial charge < -0.3 is 19.7 Å². The second kappa shape index (κ2) is 7.87. The minimum atomic E-state index is -0.0124. The molecular formula is C23H29N5O2. The van der Waals surface area contributed by atoms with Crippen molar-refractivity contribution in [2.45, 2.75) is 37.8 Å². The Labute approximate surface area is 176 Å². The highest BCUT2D eigenvalue weighted by atomic mass is 16.2. The number of anilines is 1. The van der Waals surface area contributed by atoms with E-state index in [9.17, 15) is 9.59 Å². The molecule has 2 atom stereocenters. The Bertz CT molecular complexity index is 981. The van der Waals surface area contributed by atoms with E-state index in [1.807, 2.05) is 27.7 Å². The molecule has 7 heteroatoms. The Kier molecular flexibility index (Phi) is 5.06. The highest BCUT2D eigenvalue weighted by Gasteiger charge is 2.37. The predicted molar refractivity (Wildman–Crippen MR) is 116 cm³/mol. The lowest BCUT2D eigenvalue weighted by Gasteiger charge is -2.42. The number of likely N-dealkylation sites (tertiary alicyclic amines) is 2. The topological polar surface area (TPSA) is 70.5 Å². The lowest BCUT2D eigenvalue weighted by Crippen LogP contribution is -2.49. The van der Waals surface area contributed by atoms with E-state index in [-0.39, 0.29) is 17.4 Å². The fraction of sp³-hybridized carbons (Fsp3) is 0.522. The van der Waals surface area contributed by atoms with Gasteiger partial charge in [-0.05, 0) is 69.6 Å². The van der Waals surface area contributed by atoms with E-state index in [0.29, 0.717) is 37.3 Å². The maximum atomic E-state index is 13.2. The van der Waals surface area contributed by atoms with Gasteiger partial charge in [-0.25, -0.2) is 0 Å². The van der Waals surface area contributed by atoms with Crippen LogP contribution in [0.4, 0.5) is 5.69 Å². The summed E-state index contributed by atoms with van der Waals surface area (Å²) in [6.07, 6.45) is 4.82. The normalized spacial score (nSPS) is 24.4. The summed E-state index contributed by atoms with van der Waals surface area (Å²) < 4.78 is 1.96. The van der Waals surface area contributed by atoms with Crippen molar-refractivity contribution in [3.05, 3.63) is 58.3 Å². The highest BCUT2D eigenvalue weighted by Crippen LogP contribution is 2.36. The molecule has 0 aromatic carbocycles. The van der Waals surface area contributed by atoms with Crippen molar-refractivity contribution >= 4 is 11.6 Å². The van der Waals surface area contributed by atoms with E-state index < -0.39 is 0 Å². The summed E-state index contributed by atoms with van der Waals surface area (Å²) in [4.78, 5) is 34.6. The average Bonchev–Trinajstić information content (AvgIpc) is 2.77. The van der Waals surface area contributed by atoms with E-state index in [2.05, 4.69) is 28.3 Å². The quantitative estimate of drug-likeness (QED) is 0.843. The molecule has 7 nitrogen and oxygen atoms in total. The van der Waals surface area contributed by atoms with Crippen LogP contribution in [0, 0.1) is 5.92 Å². The third-order valence-electron chi connectivity index (χ3n) is 6.85. The Balaban J connectivity index is 1.35. The van der Waals surface area contributed by atoms with Crippen molar-refractivity contribution in [2.75, 3.05) is 38.5 Å². The Morgan fingerprint density at radius 1 is 1.10 bits per heavy atom. The van der Waals surface area contributed by atoms with Crippen LogP contribution in [-0.4, -0.2) is 64.5 Å². The zero-order chi connectivity index (χ0) is 20.7. The van der Waals surface area contributed by atoms with Gasteiger partial charge in [0.25, 0.3) is 11.5 Å². The summed E-state index contributed by atoms with van der Waals surface area (Å²) in [5, 5.41) is 3.50. The number of fused-ring (bicyclic) bond motifs is 4. The molecule has 0 radical (unpaired) electrons. The average molecular weight is 408 g/mol. The standard InChI is InChI=1S/C23H29N5O2/c1-26-10-7-18(8-11-26)25-20-5-6-21-17-12-16(14-28(21)23(20)30)13-27(15-17)22(29)19-4-2-3-9-24-19/h2-6,9,16-18,25H,7-8,10-15H2,1H3. The third-order valence-corrected chi connectivity index (χ3v) is 6.85. The maximum Gasteiger partial charge on any atom is 0.274 e. The summed E-state index contributed by atoms with van der Waals surface area (Å²) >= 11 is 0. The van der Waals surface area contributed by atoms with E-state index in [0.717, 1.165) is 43.7 Å². The largest absolute Gasteiger partial charge is 0.378 e. The number of aromatic nitrogens is 2. The van der Waals surface area contributed by atoms with Crippen molar-refractivity contribution in [3.8, 4) is 0 Å². The van der Waals surface area contributed by atoms with Crippen LogP contribution < -0.4 is 10.9 Å². The Hall–Kier alpha value is -2.67. The number of carbonyl (C=O) groups is 1. The number of rotatable bonds is 3. The van der Waals surface area contributed by atoms with Crippen molar-refractivity contribution in [2.24, 2.45) is 5.92 Å². The van der Waals surface area contributed by atoms with E-state index >= 15 is 0 Å². The number of nitrogens with one attached hydrogen (secondary N) is 1. The van der Waals surface area contributed by atoms with Crippen molar-refractivity contribution < 1.29 is 4.79 Å². The number of hydrogen-bond acceptors (Lipinski definition) is 5. The van der Waals surface area contributed by atoms with Gasteiger partial charge in [0.15, 0.2) is 0 Å². The van der Waals surface area contributed by atoms with Crippen LogP contribution in [0.25, 0.3) is 0 Å². The molecule has 1 amide bonds. The lowest BCUT2D eigenvalue weighted by atomic mass is 9.83. The number of piperidine rings is 2. The molecule has 1 N–H and O–H groups in total. The molecule has 0 aliphatic carbocycles. The molecule has 158 valence electrons. The second-order valence-corrected chi connectivity index (χ2v) is 9.03. The van der Waals surface area contributed by atoms with Crippen molar-refractivity contribution in [1.29, 1.82) is 0 Å². The van der Waals surface area contributed by atoms with Gasteiger partial charge in [0.2, 0.25) is 0 Å². The minimum Gasteiger partial charge on any atom is -0.378 e. The van der Waals surface area contributed by atoms with Crippen LogP contribution in [0.3, 0.4) is 0 Å². The molecule has 2 unspecified atom stereocenters. The van der Waals surface area contributed by atoms with E-state index in [4.69, 9.17) is 0 Å². The number of amides is 1. The van der Waals surface area contributed by atoms with Crippen LogP contribution in [0.2, 0.25) is 0 Å². The molecule has 2 bridgehead atoms. The van der Waals surface area contributed by atoms with Crippen LogP contribution >= 0.6 is 0 Å². The molecular weight excluding hydrogens is 378 g/mol. The molecule has 2 aromatic heterocycles. The smallest absolute Gasteiger partial charge is 0.274 e. The summed E-state index contributed by atoms with van der Waals surface area (Å²) in [7, 11) is 2.14. The molecule has 2 fully saturated rings. The molecule has 0 spiro atoms. The van der Waals surface area contributed by atoms with Crippen LogP contribution in [0.15, 0.2) is 41.3 Å². The van der Waals surface area contributed by atoms with Crippen LogP contribution in [0.1, 0.15) is 41.4 Å². The van der Waals surface area contributed by atoms with Gasteiger partial charge in [-0.1, -0.05) is 6.07 Å². The van der Waals surface area contributed by atoms with Crippen molar-refractivity contribution in [3.63, 3.8) is 0 Å². The zero-order valence-corrected chi connectivity index (χ0v) is 17.5. The predicted octanol–water partition coefficient (Wildman–Crippen LogP) is 2.01. The Morgan fingerprint density at radius 2 is 1.93 bits per heavy atom. The first-order chi connectivity index (χ1) is 14.6. The highest BCUT2D eigenvalue weighted by molar-refractivity contribution is 5.92. The summed E-state index contributed by atoms with van der Waals surface area (Å²) in [5.74, 6) is 0.497. The molecule has 30 heavy (non-hydrogen) atoms. The third kappa shape index (κ3) is 3.62. The van der Waals surface area contributed by atoms with Gasteiger partial charge in [0, 0.05) is 43.5 Å². The maximum absolute atomic E-state index is 13.2. The first-order valence-electron chi connectivity index (χ1n) is 11.0. The van der Waals surface area contributed by atoms with Crippen molar-refractivity contribution in [1.82, 2.24) is 19.4 Å². The summed E-state index contributed by atoms with van der Waals surface area (Å²) in [6, 6.07) is 9.84. The molecule has 2 saturated heterocycles. The zero-order valence-electron chi connectivity index (χ0n) is 17.5. The summed E-state index contributed by atoms with van der Waals surface area (Å²) in [5.41, 5.74) is 2.36. The van der Waals surface area contributed by atoms with Gasteiger partial charge in [-0.3, -0.25) is 14.6 Å². The van der Waals surface area contributed by atoms with E-state index in [1.54, 1.807) is 12.3 Å². The molecule has 3 aliphatic heterocycles. The first kappa shape index (κ1) is 19.3. The molecule has 5 heterocycles. The van der Waals surface area contributed by atoms with Crippen LogP contribution in [-0.2, 0) is 6.54 Å². The minimum absolute atomic E-state index is 0.0124. The molecule has 3 aliphatic rings. The summed E-state index contributed by atoms with van der Waals surface area (Å²) in [6.45, 7) is 4.14. The van der Waals surface area contributed by atoms with Gasteiger partial charge in [-0.15, -0.1) is 0 Å². The number of carbonyl (C=O) groups excluding carboxylic acids is 1. The fourth-order valence-electron chi connectivity index (χ4n) is 5.25. The molecule has 0 saturated carbocycles. The van der Waals surface area contributed by atoms with Gasteiger partial charge in [0.1, 0.15) is 11.4 Å². The van der Waals surface area contributed by atoms with Crippen LogP contribution in [0.5, 0.6) is 0 Å². The lowest BCUT2D eigenvalue weighted by molar-refractivity contribution is 0.0589. The van der Waals surface area contributed by atoms with Gasteiger partial charge >= 0.3 is 0 Å². The first-order valence-corrected chi connectivity index (χ1v) is 11.0. The monoisotopic (exact) mass is 407 g/mol. The SMILES string of the molecule is CN1CCC(Nc2ccc3n(c2=O)CC2CC3CN(C(=O)c3ccccn3)C2)CC1. The number of nitrogens with zero attached hydrogens (tertiary/aromatic N) is 4.